The third-order valence-corrected chi connectivity index (χ3v) is 3.13. The smallest absolute Gasteiger partial charge is 0.416 e. The Bertz CT molecular complexity index is 887. The predicted molar refractivity (Wildman–Crippen MR) is 71.8 cm³/mol. The second-order valence-corrected chi connectivity index (χ2v) is 4.63. The summed E-state index contributed by atoms with van der Waals surface area (Å²) >= 11 is 0. The monoisotopic (exact) mass is 319 g/mol. The van der Waals surface area contributed by atoms with Crippen LogP contribution in [-0.2, 0) is 6.18 Å². The molecule has 0 saturated carbocycles. The van der Waals surface area contributed by atoms with Crippen molar-refractivity contribution in [2.75, 3.05) is 0 Å². The fraction of sp³-hybridized carbons (Fsp3) is 0.143. The fourth-order valence-corrected chi connectivity index (χ4v) is 2.02. The SMILES string of the molecule is Cc1oc(-c2ccc(C(F)(F)F)cc2)nc1-c1n[nH]nc1C#N. The number of hydrogen-bond acceptors (Lipinski definition) is 5. The predicted octanol–water partition coefficient (Wildman–Crippen LogP) is 3.33. The molecule has 9 heteroatoms. The fourth-order valence-electron chi connectivity index (χ4n) is 2.02. The quantitative estimate of drug-likeness (QED) is 0.782. The van der Waals surface area contributed by atoms with E-state index < -0.39 is 11.7 Å². The molecule has 0 aliphatic carbocycles. The van der Waals surface area contributed by atoms with E-state index in [1.54, 1.807) is 6.92 Å². The van der Waals surface area contributed by atoms with Crippen LogP contribution in [0.3, 0.4) is 0 Å². The zero-order valence-electron chi connectivity index (χ0n) is 11.6. The highest BCUT2D eigenvalue weighted by molar-refractivity contribution is 5.66. The average Bonchev–Trinajstić information content (AvgIpc) is 3.12. The molecule has 2 aromatic heterocycles. The minimum absolute atomic E-state index is 0.0559. The molecule has 1 aromatic carbocycles. The number of aryl methyl sites for hydroxylation is 1. The maximum absolute atomic E-state index is 12.6. The maximum atomic E-state index is 12.6. The molecule has 0 fully saturated rings. The summed E-state index contributed by atoms with van der Waals surface area (Å²) < 4.78 is 43.2. The number of rotatable bonds is 2. The molecule has 0 spiro atoms. The third-order valence-electron chi connectivity index (χ3n) is 3.13. The summed E-state index contributed by atoms with van der Waals surface area (Å²) in [7, 11) is 0. The molecule has 1 N–H and O–H groups in total. The molecule has 23 heavy (non-hydrogen) atoms. The number of H-pyrrole nitrogens is 1. The summed E-state index contributed by atoms with van der Waals surface area (Å²) in [6.07, 6.45) is -4.40. The summed E-state index contributed by atoms with van der Waals surface area (Å²) in [4.78, 5) is 4.20. The molecule has 0 amide bonds. The third kappa shape index (κ3) is 2.66. The lowest BCUT2D eigenvalue weighted by Gasteiger charge is -2.05. The minimum atomic E-state index is -4.40. The van der Waals surface area contributed by atoms with Gasteiger partial charge in [-0.25, -0.2) is 4.98 Å². The lowest BCUT2D eigenvalue weighted by molar-refractivity contribution is -0.137. The van der Waals surface area contributed by atoms with Gasteiger partial charge in [0.25, 0.3) is 0 Å². The number of nitrogens with one attached hydrogen (secondary N) is 1. The van der Waals surface area contributed by atoms with Crippen LogP contribution in [0.1, 0.15) is 17.0 Å². The molecule has 3 rings (SSSR count). The topological polar surface area (TPSA) is 91.4 Å². The summed E-state index contributed by atoms with van der Waals surface area (Å²) in [5, 5.41) is 18.8. The molecule has 0 unspecified atom stereocenters. The van der Waals surface area contributed by atoms with E-state index in [9.17, 15) is 13.2 Å². The second-order valence-electron chi connectivity index (χ2n) is 4.63. The van der Waals surface area contributed by atoms with Gasteiger partial charge in [-0.15, -0.1) is 5.10 Å². The highest BCUT2D eigenvalue weighted by Crippen LogP contribution is 2.32. The highest BCUT2D eigenvalue weighted by atomic mass is 19.4. The zero-order chi connectivity index (χ0) is 16.6. The van der Waals surface area contributed by atoms with Crippen LogP contribution in [0.2, 0.25) is 0 Å². The van der Waals surface area contributed by atoms with Gasteiger partial charge in [-0.2, -0.15) is 28.7 Å². The number of oxazole rings is 1. The largest absolute Gasteiger partial charge is 0.441 e. The van der Waals surface area contributed by atoms with Crippen molar-refractivity contribution >= 4 is 0 Å². The summed E-state index contributed by atoms with van der Waals surface area (Å²) in [6.45, 7) is 1.62. The standard InChI is InChI=1S/C14H8F3N5O/c1-7-11(12-10(6-18)20-22-21-12)19-13(23-7)8-2-4-9(5-3-8)14(15,16)17/h2-5H,1H3,(H,20,21,22). The van der Waals surface area contributed by atoms with E-state index in [1.165, 1.54) is 12.1 Å². The van der Waals surface area contributed by atoms with Gasteiger partial charge in [0.05, 0.1) is 5.56 Å². The Morgan fingerprint density at radius 1 is 1.13 bits per heavy atom. The van der Waals surface area contributed by atoms with Gasteiger partial charge in [0.1, 0.15) is 17.5 Å². The molecular weight excluding hydrogens is 311 g/mol. The Balaban J connectivity index is 2.00. The summed E-state index contributed by atoms with van der Waals surface area (Å²) in [5.41, 5.74) is 0.222. The number of benzene rings is 1. The molecule has 3 aromatic rings. The van der Waals surface area contributed by atoms with E-state index in [2.05, 4.69) is 20.4 Å². The first-order valence-electron chi connectivity index (χ1n) is 6.36. The number of halogens is 3. The van der Waals surface area contributed by atoms with Gasteiger partial charge < -0.3 is 4.42 Å². The molecule has 6 nitrogen and oxygen atoms in total. The van der Waals surface area contributed by atoms with Crippen LogP contribution < -0.4 is 0 Å². The molecular formula is C14H8F3N5O. The zero-order valence-corrected chi connectivity index (χ0v) is 11.6. The molecule has 0 aliphatic heterocycles. The number of nitriles is 1. The molecule has 0 aliphatic rings. The van der Waals surface area contributed by atoms with Crippen molar-refractivity contribution < 1.29 is 17.6 Å². The maximum Gasteiger partial charge on any atom is 0.416 e. The van der Waals surface area contributed by atoms with Crippen LogP contribution in [0.5, 0.6) is 0 Å². The van der Waals surface area contributed by atoms with Crippen molar-refractivity contribution in [2.24, 2.45) is 0 Å². The molecule has 0 bridgehead atoms. The van der Waals surface area contributed by atoms with Gasteiger partial charge in [-0.3, -0.25) is 0 Å². The van der Waals surface area contributed by atoms with E-state index in [-0.39, 0.29) is 17.3 Å². The van der Waals surface area contributed by atoms with Gasteiger partial charge in [-0.05, 0) is 31.2 Å². The second kappa shape index (κ2) is 5.24. The number of hydrogen-bond donors (Lipinski definition) is 1. The number of nitrogens with zero attached hydrogens (tertiary/aromatic N) is 4. The Morgan fingerprint density at radius 2 is 1.83 bits per heavy atom. The van der Waals surface area contributed by atoms with Gasteiger partial charge in [-0.1, -0.05) is 0 Å². The van der Waals surface area contributed by atoms with Crippen molar-refractivity contribution in [2.45, 2.75) is 13.1 Å². The molecule has 116 valence electrons. The molecule has 0 radical (unpaired) electrons. The lowest BCUT2D eigenvalue weighted by atomic mass is 10.1. The van der Waals surface area contributed by atoms with Crippen LogP contribution in [0, 0.1) is 18.3 Å². The van der Waals surface area contributed by atoms with Crippen molar-refractivity contribution in [3.8, 4) is 28.9 Å². The Hall–Kier alpha value is -3.15. The van der Waals surface area contributed by atoms with E-state index in [0.29, 0.717) is 17.0 Å². The van der Waals surface area contributed by atoms with Gasteiger partial charge in [0.2, 0.25) is 5.89 Å². The van der Waals surface area contributed by atoms with Crippen molar-refractivity contribution in [1.82, 2.24) is 20.4 Å². The van der Waals surface area contributed by atoms with Crippen LogP contribution in [0.15, 0.2) is 28.7 Å². The number of alkyl halides is 3. The van der Waals surface area contributed by atoms with Gasteiger partial charge in [0.15, 0.2) is 11.4 Å². The van der Waals surface area contributed by atoms with E-state index >= 15 is 0 Å². The first kappa shape index (κ1) is 14.8. The van der Waals surface area contributed by atoms with Crippen molar-refractivity contribution in [3.63, 3.8) is 0 Å². The van der Waals surface area contributed by atoms with E-state index in [0.717, 1.165) is 12.1 Å². The van der Waals surface area contributed by atoms with Crippen LogP contribution in [0.25, 0.3) is 22.8 Å². The molecule has 0 saturated heterocycles. The van der Waals surface area contributed by atoms with Crippen LogP contribution >= 0.6 is 0 Å². The number of aromatic amines is 1. The van der Waals surface area contributed by atoms with Crippen LogP contribution in [0.4, 0.5) is 13.2 Å². The highest BCUT2D eigenvalue weighted by Gasteiger charge is 2.30. The first-order valence-corrected chi connectivity index (χ1v) is 6.36. The van der Waals surface area contributed by atoms with E-state index in [4.69, 9.17) is 9.68 Å². The normalized spacial score (nSPS) is 11.4. The summed E-state index contributed by atoms with van der Waals surface area (Å²) in [6, 6.07) is 6.30. The van der Waals surface area contributed by atoms with Gasteiger partial charge >= 0.3 is 6.18 Å². The average molecular weight is 319 g/mol. The van der Waals surface area contributed by atoms with Crippen LogP contribution in [-0.4, -0.2) is 20.4 Å². The van der Waals surface area contributed by atoms with Gasteiger partial charge in [0, 0.05) is 5.56 Å². The number of aromatic nitrogens is 4. The molecule has 0 atom stereocenters. The Morgan fingerprint density at radius 3 is 2.43 bits per heavy atom. The minimum Gasteiger partial charge on any atom is -0.441 e. The first-order chi connectivity index (χ1) is 10.9. The molecule has 2 heterocycles. The Labute approximate surface area is 127 Å². The Kier molecular flexibility index (Phi) is 3.37. The van der Waals surface area contributed by atoms with Crippen molar-refractivity contribution in [1.29, 1.82) is 5.26 Å². The van der Waals surface area contributed by atoms with Crippen molar-refractivity contribution in [3.05, 3.63) is 41.3 Å². The summed E-state index contributed by atoms with van der Waals surface area (Å²) in [5.74, 6) is 0.517. The van der Waals surface area contributed by atoms with E-state index in [1.807, 2.05) is 6.07 Å². The lowest BCUT2D eigenvalue weighted by Crippen LogP contribution is -2.03.